The predicted molar refractivity (Wildman–Crippen MR) is 61.8 cm³/mol. The molecule has 8 heteroatoms. The smallest absolute Gasteiger partial charge is 0.371 e. The molecule has 0 spiro atoms. The Morgan fingerprint density at radius 3 is 2.67 bits per heavy atom. The third-order valence-corrected chi connectivity index (χ3v) is 3.48. The van der Waals surface area contributed by atoms with Crippen LogP contribution in [0, 0.1) is 0 Å². The standard InChI is InChI=1S/C10H15NO6S/c1-2-3-7(12)6-11-18(15,16)9-5-4-8(17-9)10(13)14/h4-5,7,11-12H,2-3,6H2,1H3,(H,13,14). The first-order valence-corrected chi connectivity index (χ1v) is 6.86. The Labute approximate surface area is 104 Å². The van der Waals surface area contributed by atoms with E-state index in [1.165, 1.54) is 0 Å². The van der Waals surface area contributed by atoms with Gasteiger partial charge in [-0.05, 0) is 18.6 Å². The van der Waals surface area contributed by atoms with Crippen LogP contribution in [0.3, 0.4) is 0 Å². The van der Waals surface area contributed by atoms with Crippen molar-refractivity contribution in [3.05, 3.63) is 17.9 Å². The lowest BCUT2D eigenvalue weighted by Crippen LogP contribution is -2.31. The van der Waals surface area contributed by atoms with Crippen LogP contribution in [0.15, 0.2) is 21.6 Å². The minimum Gasteiger partial charge on any atom is -0.475 e. The Balaban J connectivity index is 2.71. The van der Waals surface area contributed by atoms with Gasteiger partial charge >= 0.3 is 5.97 Å². The number of carboxylic acids is 1. The van der Waals surface area contributed by atoms with Gasteiger partial charge in [-0.1, -0.05) is 13.3 Å². The molecule has 7 nitrogen and oxygen atoms in total. The number of carbonyl (C=O) groups is 1. The maximum atomic E-state index is 11.7. The van der Waals surface area contributed by atoms with Crippen LogP contribution in [0.25, 0.3) is 0 Å². The molecule has 0 saturated carbocycles. The largest absolute Gasteiger partial charge is 0.475 e. The maximum absolute atomic E-state index is 11.7. The maximum Gasteiger partial charge on any atom is 0.371 e. The van der Waals surface area contributed by atoms with Gasteiger partial charge in [0.15, 0.2) is 0 Å². The van der Waals surface area contributed by atoms with Crippen LogP contribution < -0.4 is 4.72 Å². The molecule has 0 saturated heterocycles. The van der Waals surface area contributed by atoms with Crippen molar-refractivity contribution in [3.8, 4) is 0 Å². The molecular formula is C10H15NO6S. The summed E-state index contributed by atoms with van der Waals surface area (Å²) in [4.78, 5) is 10.5. The Morgan fingerprint density at radius 1 is 1.50 bits per heavy atom. The highest BCUT2D eigenvalue weighted by Crippen LogP contribution is 2.13. The minimum atomic E-state index is -3.93. The van der Waals surface area contributed by atoms with Gasteiger partial charge in [-0.15, -0.1) is 0 Å². The van der Waals surface area contributed by atoms with Crippen LogP contribution in [-0.4, -0.2) is 37.2 Å². The highest BCUT2D eigenvalue weighted by atomic mass is 32.2. The van der Waals surface area contributed by atoms with E-state index < -0.39 is 32.9 Å². The number of aromatic carboxylic acids is 1. The van der Waals surface area contributed by atoms with Gasteiger partial charge in [0.2, 0.25) is 10.9 Å². The molecule has 102 valence electrons. The summed E-state index contributed by atoms with van der Waals surface area (Å²) in [5.41, 5.74) is 0. The highest BCUT2D eigenvalue weighted by molar-refractivity contribution is 7.89. The normalized spacial score (nSPS) is 13.4. The number of nitrogens with one attached hydrogen (secondary N) is 1. The zero-order valence-electron chi connectivity index (χ0n) is 9.79. The van der Waals surface area contributed by atoms with Crippen LogP contribution in [0.1, 0.15) is 30.3 Å². The van der Waals surface area contributed by atoms with E-state index in [2.05, 4.69) is 9.14 Å². The van der Waals surface area contributed by atoms with Crippen LogP contribution in [0.5, 0.6) is 0 Å². The average Bonchev–Trinajstić information content (AvgIpc) is 2.77. The summed E-state index contributed by atoms with van der Waals surface area (Å²) in [6, 6.07) is 2.11. The number of hydrogen-bond acceptors (Lipinski definition) is 5. The molecule has 1 unspecified atom stereocenters. The fourth-order valence-corrected chi connectivity index (χ4v) is 2.29. The molecule has 1 rings (SSSR count). The number of aliphatic hydroxyl groups is 1. The van der Waals surface area contributed by atoms with E-state index in [4.69, 9.17) is 5.11 Å². The molecule has 1 atom stereocenters. The molecule has 0 fully saturated rings. The van der Waals surface area contributed by atoms with E-state index >= 15 is 0 Å². The van der Waals surface area contributed by atoms with Crippen molar-refractivity contribution < 1.29 is 27.8 Å². The Bertz CT molecular complexity index is 506. The van der Waals surface area contributed by atoms with Gasteiger partial charge in [0.05, 0.1) is 6.10 Å². The first-order valence-electron chi connectivity index (χ1n) is 5.37. The predicted octanol–water partition coefficient (Wildman–Crippen LogP) is 0.417. The fraction of sp³-hybridized carbons (Fsp3) is 0.500. The summed E-state index contributed by atoms with van der Waals surface area (Å²) >= 11 is 0. The Kier molecular flexibility index (Phi) is 4.88. The lowest BCUT2D eigenvalue weighted by molar-refractivity contribution is 0.0656. The van der Waals surface area contributed by atoms with Gasteiger partial charge in [-0.25, -0.2) is 17.9 Å². The molecule has 3 N–H and O–H groups in total. The van der Waals surface area contributed by atoms with Gasteiger partial charge in [-0.3, -0.25) is 0 Å². The van der Waals surface area contributed by atoms with Crippen molar-refractivity contribution in [2.75, 3.05) is 6.54 Å². The lowest BCUT2D eigenvalue weighted by Gasteiger charge is -2.09. The van der Waals surface area contributed by atoms with Crippen molar-refractivity contribution in [2.45, 2.75) is 31.0 Å². The number of hydrogen-bond donors (Lipinski definition) is 3. The second kappa shape index (κ2) is 5.98. The van der Waals surface area contributed by atoms with Crippen molar-refractivity contribution in [1.29, 1.82) is 0 Å². The lowest BCUT2D eigenvalue weighted by atomic mass is 10.2. The second-order valence-corrected chi connectivity index (χ2v) is 5.42. The second-order valence-electron chi connectivity index (χ2n) is 3.72. The molecule has 0 aliphatic heterocycles. The fourth-order valence-electron chi connectivity index (χ4n) is 1.29. The zero-order chi connectivity index (χ0) is 13.8. The summed E-state index contributed by atoms with van der Waals surface area (Å²) in [6.07, 6.45) is 0.423. The summed E-state index contributed by atoms with van der Waals surface area (Å²) in [6.45, 7) is 1.72. The van der Waals surface area contributed by atoms with Gasteiger partial charge in [0.1, 0.15) is 0 Å². The zero-order valence-corrected chi connectivity index (χ0v) is 10.6. The summed E-state index contributed by atoms with van der Waals surface area (Å²) in [5.74, 6) is -1.80. The minimum absolute atomic E-state index is 0.140. The molecule has 18 heavy (non-hydrogen) atoms. The SMILES string of the molecule is CCCC(O)CNS(=O)(=O)c1ccc(C(=O)O)o1. The summed E-state index contributed by atoms with van der Waals surface area (Å²) < 4.78 is 30.2. The molecule has 0 aliphatic rings. The Hall–Kier alpha value is -1.38. The molecule has 1 heterocycles. The average molecular weight is 277 g/mol. The molecule has 0 amide bonds. The summed E-state index contributed by atoms with van der Waals surface area (Å²) in [7, 11) is -3.93. The topological polar surface area (TPSA) is 117 Å². The summed E-state index contributed by atoms with van der Waals surface area (Å²) in [5, 5.41) is 17.5. The molecule has 0 aliphatic carbocycles. The van der Waals surface area contributed by atoms with E-state index in [-0.39, 0.29) is 6.54 Å². The third-order valence-electron chi connectivity index (χ3n) is 2.19. The van der Waals surface area contributed by atoms with Crippen molar-refractivity contribution in [1.82, 2.24) is 4.72 Å². The van der Waals surface area contributed by atoms with Crippen molar-refractivity contribution in [2.24, 2.45) is 0 Å². The van der Waals surface area contributed by atoms with Gasteiger partial charge in [-0.2, -0.15) is 0 Å². The third kappa shape index (κ3) is 3.83. The van der Waals surface area contributed by atoms with E-state index in [0.29, 0.717) is 6.42 Å². The van der Waals surface area contributed by atoms with Crippen molar-refractivity contribution in [3.63, 3.8) is 0 Å². The van der Waals surface area contributed by atoms with Crippen LogP contribution in [0.4, 0.5) is 0 Å². The van der Waals surface area contributed by atoms with Gasteiger partial charge < -0.3 is 14.6 Å². The molecular weight excluding hydrogens is 262 g/mol. The Morgan fingerprint density at radius 2 is 2.17 bits per heavy atom. The van der Waals surface area contributed by atoms with Gasteiger partial charge in [0.25, 0.3) is 10.0 Å². The first-order chi connectivity index (χ1) is 8.36. The molecule has 1 aromatic rings. The number of furan rings is 1. The van der Waals surface area contributed by atoms with Crippen LogP contribution in [-0.2, 0) is 10.0 Å². The molecule has 0 radical (unpaired) electrons. The quantitative estimate of drug-likeness (QED) is 0.665. The van der Waals surface area contributed by atoms with E-state index in [1.807, 2.05) is 6.92 Å². The number of sulfonamides is 1. The van der Waals surface area contributed by atoms with E-state index in [9.17, 15) is 18.3 Å². The molecule has 0 bridgehead atoms. The molecule has 1 aromatic heterocycles. The highest BCUT2D eigenvalue weighted by Gasteiger charge is 2.21. The molecule has 0 aromatic carbocycles. The monoisotopic (exact) mass is 277 g/mol. The van der Waals surface area contributed by atoms with Crippen LogP contribution >= 0.6 is 0 Å². The first kappa shape index (κ1) is 14.7. The van der Waals surface area contributed by atoms with E-state index in [1.54, 1.807) is 0 Å². The number of carboxylic acid groups (broad SMARTS) is 1. The van der Waals surface area contributed by atoms with E-state index in [0.717, 1.165) is 18.6 Å². The van der Waals surface area contributed by atoms with Crippen molar-refractivity contribution >= 4 is 16.0 Å². The number of rotatable bonds is 7. The number of aliphatic hydroxyl groups excluding tert-OH is 1. The van der Waals surface area contributed by atoms with Gasteiger partial charge in [0, 0.05) is 6.54 Å². The van der Waals surface area contributed by atoms with Crippen LogP contribution in [0.2, 0.25) is 0 Å².